The number of amides is 2. The van der Waals surface area contributed by atoms with E-state index >= 15 is 0 Å². The van der Waals surface area contributed by atoms with Crippen molar-refractivity contribution in [1.82, 2.24) is 9.88 Å². The number of aromatic nitrogens is 1. The lowest BCUT2D eigenvalue weighted by atomic mass is 10.2. The third kappa shape index (κ3) is 3.69. The normalized spacial score (nSPS) is 21.2. The van der Waals surface area contributed by atoms with Gasteiger partial charge in [-0.15, -0.1) is 0 Å². The van der Waals surface area contributed by atoms with Crippen LogP contribution in [-0.4, -0.2) is 52.9 Å². The zero-order valence-corrected chi connectivity index (χ0v) is 12.8. The number of nitrogens with zero attached hydrogens (tertiary/aromatic N) is 2. The van der Waals surface area contributed by atoms with Gasteiger partial charge in [0.2, 0.25) is 5.89 Å². The standard InChI is InChI=1S/C16H19N3O4/c1-11-8-19(9-14(10-20)23-11)16(21)18-13-4-2-12(3-5-13)15-17-6-7-22-15/h2-7,11,14,20H,8-10H2,1H3,(H,18,21)/t11-,14-/m1/s1. The number of urea groups is 1. The average molecular weight is 317 g/mol. The summed E-state index contributed by atoms with van der Waals surface area (Å²) in [6.45, 7) is 2.66. The number of nitrogens with one attached hydrogen (secondary N) is 1. The summed E-state index contributed by atoms with van der Waals surface area (Å²) >= 11 is 0. The van der Waals surface area contributed by atoms with Crippen LogP contribution in [-0.2, 0) is 4.74 Å². The summed E-state index contributed by atoms with van der Waals surface area (Å²) in [6, 6.07) is 7.05. The Morgan fingerprint density at radius 3 is 2.83 bits per heavy atom. The number of rotatable bonds is 3. The Morgan fingerprint density at radius 2 is 2.17 bits per heavy atom. The second kappa shape index (κ2) is 6.80. The molecule has 2 N–H and O–H groups in total. The van der Waals surface area contributed by atoms with Crippen molar-refractivity contribution in [3.05, 3.63) is 36.7 Å². The molecule has 0 spiro atoms. The molecule has 0 bridgehead atoms. The zero-order valence-electron chi connectivity index (χ0n) is 12.8. The molecule has 7 heteroatoms. The Labute approximate surface area is 133 Å². The van der Waals surface area contributed by atoms with E-state index in [2.05, 4.69) is 10.3 Å². The predicted octanol–water partition coefficient (Wildman–Crippen LogP) is 1.96. The van der Waals surface area contributed by atoms with Crippen molar-refractivity contribution >= 4 is 11.7 Å². The highest BCUT2D eigenvalue weighted by Crippen LogP contribution is 2.20. The Balaban J connectivity index is 1.63. The number of aliphatic hydroxyl groups excluding tert-OH is 1. The van der Waals surface area contributed by atoms with Crippen LogP contribution in [0.2, 0.25) is 0 Å². The molecule has 1 aromatic carbocycles. The molecule has 2 heterocycles. The van der Waals surface area contributed by atoms with Crippen LogP contribution in [0.1, 0.15) is 6.92 Å². The Bertz CT molecular complexity index is 642. The number of hydrogen-bond donors (Lipinski definition) is 2. The van der Waals surface area contributed by atoms with Gasteiger partial charge in [0.05, 0.1) is 31.6 Å². The van der Waals surface area contributed by atoms with Gasteiger partial charge in [-0.25, -0.2) is 9.78 Å². The molecular formula is C16H19N3O4. The first-order chi connectivity index (χ1) is 11.2. The van der Waals surface area contributed by atoms with Gasteiger partial charge in [-0.3, -0.25) is 0 Å². The lowest BCUT2D eigenvalue weighted by molar-refractivity contribution is -0.0822. The minimum Gasteiger partial charge on any atom is -0.445 e. The third-order valence-corrected chi connectivity index (χ3v) is 3.63. The van der Waals surface area contributed by atoms with E-state index in [1.807, 2.05) is 19.1 Å². The van der Waals surface area contributed by atoms with Gasteiger partial charge in [0.25, 0.3) is 0 Å². The molecule has 0 unspecified atom stereocenters. The molecule has 0 saturated carbocycles. The lowest BCUT2D eigenvalue weighted by Crippen LogP contribution is -2.51. The number of carbonyl (C=O) groups is 1. The van der Waals surface area contributed by atoms with Gasteiger partial charge in [0, 0.05) is 17.8 Å². The largest absolute Gasteiger partial charge is 0.445 e. The monoisotopic (exact) mass is 317 g/mol. The maximum atomic E-state index is 12.3. The number of benzene rings is 1. The number of anilines is 1. The summed E-state index contributed by atoms with van der Waals surface area (Å²) < 4.78 is 10.8. The summed E-state index contributed by atoms with van der Waals surface area (Å²) in [5.74, 6) is 0.538. The first kappa shape index (κ1) is 15.5. The fraction of sp³-hybridized carbons (Fsp3) is 0.375. The molecular weight excluding hydrogens is 298 g/mol. The molecule has 1 aromatic heterocycles. The number of aliphatic hydroxyl groups is 1. The van der Waals surface area contributed by atoms with E-state index in [4.69, 9.17) is 9.15 Å². The van der Waals surface area contributed by atoms with Crippen molar-refractivity contribution in [3.8, 4) is 11.5 Å². The minimum absolute atomic E-state index is 0.0981. The van der Waals surface area contributed by atoms with E-state index in [1.165, 1.54) is 6.26 Å². The quantitative estimate of drug-likeness (QED) is 0.903. The highest BCUT2D eigenvalue weighted by molar-refractivity contribution is 5.89. The second-order valence-electron chi connectivity index (χ2n) is 5.50. The smallest absolute Gasteiger partial charge is 0.322 e. The Hall–Kier alpha value is -2.38. The molecule has 0 radical (unpaired) electrons. The van der Waals surface area contributed by atoms with Crippen LogP contribution in [0, 0.1) is 0 Å². The number of hydrogen-bond acceptors (Lipinski definition) is 5. The van der Waals surface area contributed by atoms with Crippen molar-refractivity contribution in [2.45, 2.75) is 19.1 Å². The molecule has 2 amide bonds. The van der Waals surface area contributed by atoms with Gasteiger partial charge in [-0.1, -0.05) is 0 Å². The van der Waals surface area contributed by atoms with Gasteiger partial charge in [0.1, 0.15) is 6.26 Å². The molecule has 3 rings (SSSR count). The summed E-state index contributed by atoms with van der Waals surface area (Å²) in [4.78, 5) is 18.1. The summed E-state index contributed by atoms with van der Waals surface area (Å²) in [7, 11) is 0. The van der Waals surface area contributed by atoms with Gasteiger partial charge in [-0.05, 0) is 31.2 Å². The topological polar surface area (TPSA) is 87.8 Å². The second-order valence-corrected chi connectivity index (χ2v) is 5.50. The van der Waals surface area contributed by atoms with Gasteiger partial charge in [0.15, 0.2) is 0 Å². The number of carbonyl (C=O) groups excluding carboxylic acids is 1. The zero-order chi connectivity index (χ0) is 16.2. The maximum Gasteiger partial charge on any atom is 0.322 e. The van der Waals surface area contributed by atoms with Crippen molar-refractivity contribution in [2.75, 3.05) is 25.0 Å². The first-order valence-corrected chi connectivity index (χ1v) is 7.48. The summed E-state index contributed by atoms with van der Waals surface area (Å²) in [5.41, 5.74) is 1.53. The molecule has 1 aliphatic heterocycles. The van der Waals surface area contributed by atoms with E-state index in [-0.39, 0.29) is 24.8 Å². The number of morpholine rings is 1. The SMILES string of the molecule is C[C@@H]1CN(C(=O)Nc2ccc(-c3ncco3)cc2)C[C@H](CO)O1. The summed E-state index contributed by atoms with van der Waals surface area (Å²) in [6.07, 6.45) is 2.67. The van der Waals surface area contributed by atoms with Crippen LogP contribution < -0.4 is 5.32 Å². The summed E-state index contributed by atoms with van der Waals surface area (Å²) in [5, 5.41) is 12.1. The molecule has 23 heavy (non-hydrogen) atoms. The number of ether oxygens (including phenoxy) is 1. The van der Waals surface area contributed by atoms with E-state index in [1.54, 1.807) is 23.2 Å². The molecule has 122 valence electrons. The van der Waals surface area contributed by atoms with Gasteiger partial charge >= 0.3 is 6.03 Å². The van der Waals surface area contributed by atoms with E-state index < -0.39 is 0 Å². The first-order valence-electron chi connectivity index (χ1n) is 7.48. The predicted molar refractivity (Wildman–Crippen MR) is 84.0 cm³/mol. The van der Waals surface area contributed by atoms with Crippen molar-refractivity contribution in [1.29, 1.82) is 0 Å². The highest BCUT2D eigenvalue weighted by atomic mass is 16.5. The van der Waals surface area contributed by atoms with E-state index in [0.29, 0.717) is 24.7 Å². The van der Waals surface area contributed by atoms with Crippen molar-refractivity contribution in [3.63, 3.8) is 0 Å². The molecule has 1 fully saturated rings. The molecule has 2 aromatic rings. The van der Waals surface area contributed by atoms with Crippen molar-refractivity contribution < 1.29 is 19.1 Å². The van der Waals surface area contributed by atoms with Gasteiger partial charge < -0.3 is 24.5 Å². The minimum atomic E-state index is -0.336. The molecule has 2 atom stereocenters. The molecule has 1 aliphatic rings. The van der Waals surface area contributed by atoms with E-state index in [0.717, 1.165) is 5.56 Å². The Kier molecular flexibility index (Phi) is 4.59. The van der Waals surface area contributed by atoms with Gasteiger partial charge in [-0.2, -0.15) is 0 Å². The maximum absolute atomic E-state index is 12.3. The van der Waals surface area contributed by atoms with Crippen LogP contribution in [0.15, 0.2) is 41.1 Å². The van der Waals surface area contributed by atoms with Crippen LogP contribution >= 0.6 is 0 Å². The third-order valence-electron chi connectivity index (χ3n) is 3.63. The molecule has 7 nitrogen and oxygen atoms in total. The van der Waals surface area contributed by atoms with Crippen molar-refractivity contribution in [2.24, 2.45) is 0 Å². The average Bonchev–Trinajstić information content (AvgIpc) is 3.09. The molecule has 1 saturated heterocycles. The highest BCUT2D eigenvalue weighted by Gasteiger charge is 2.27. The van der Waals surface area contributed by atoms with Crippen LogP contribution in [0.25, 0.3) is 11.5 Å². The molecule has 0 aliphatic carbocycles. The fourth-order valence-corrected chi connectivity index (χ4v) is 2.58. The van der Waals surface area contributed by atoms with E-state index in [9.17, 15) is 9.90 Å². The van der Waals surface area contributed by atoms with Crippen LogP contribution in [0.3, 0.4) is 0 Å². The Morgan fingerprint density at radius 1 is 1.39 bits per heavy atom. The number of oxazole rings is 1. The van der Waals surface area contributed by atoms with Crippen LogP contribution in [0.5, 0.6) is 0 Å². The van der Waals surface area contributed by atoms with Crippen LogP contribution in [0.4, 0.5) is 10.5 Å². The fourth-order valence-electron chi connectivity index (χ4n) is 2.58. The lowest BCUT2D eigenvalue weighted by Gasteiger charge is -2.36.